The molecule has 1 atom stereocenters. The average molecular weight is 497 g/mol. The number of hydrogen-bond donors (Lipinski definition) is 2. The number of benzene rings is 3. The topological polar surface area (TPSA) is 93.7 Å². The van der Waals surface area contributed by atoms with Crippen LogP contribution in [0.2, 0.25) is 0 Å². The number of anilines is 1. The molecular formula is C24H21BrN2O5. The number of rotatable bonds is 8. The molecule has 32 heavy (non-hydrogen) atoms. The Labute approximate surface area is 193 Å². The summed E-state index contributed by atoms with van der Waals surface area (Å²) in [4.78, 5) is 36.3. The first-order chi connectivity index (χ1) is 15.4. The van der Waals surface area contributed by atoms with Crippen LogP contribution in [0.5, 0.6) is 11.5 Å². The minimum Gasteiger partial charge on any atom is -0.457 e. The third kappa shape index (κ3) is 6.95. The first-order valence-corrected chi connectivity index (χ1v) is 10.6. The van der Waals surface area contributed by atoms with E-state index in [1.165, 1.54) is 6.92 Å². The lowest BCUT2D eigenvalue weighted by Crippen LogP contribution is -2.35. The first kappa shape index (κ1) is 23.0. The van der Waals surface area contributed by atoms with E-state index >= 15 is 0 Å². The minimum absolute atomic E-state index is 0.349. The SMILES string of the molecule is C[C@H](OC(=O)CNC(=O)c1ccc(Br)cc1)C(=O)Nc1ccc(Oc2ccccc2)cc1. The van der Waals surface area contributed by atoms with Crippen molar-refractivity contribution in [3.8, 4) is 11.5 Å². The Bertz CT molecular complexity index is 1070. The molecule has 0 aliphatic carbocycles. The van der Waals surface area contributed by atoms with Gasteiger partial charge in [-0.2, -0.15) is 0 Å². The molecule has 0 aromatic heterocycles. The van der Waals surface area contributed by atoms with E-state index < -0.39 is 23.9 Å². The van der Waals surface area contributed by atoms with Gasteiger partial charge in [0.2, 0.25) is 0 Å². The molecule has 0 aliphatic heterocycles. The van der Waals surface area contributed by atoms with Gasteiger partial charge in [0.1, 0.15) is 18.0 Å². The third-order valence-electron chi connectivity index (χ3n) is 4.28. The molecule has 164 valence electrons. The van der Waals surface area contributed by atoms with Crippen LogP contribution in [0.4, 0.5) is 5.69 Å². The zero-order chi connectivity index (χ0) is 22.9. The van der Waals surface area contributed by atoms with Gasteiger partial charge in [0, 0.05) is 15.7 Å². The van der Waals surface area contributed by atoms with Crippen molar-refractivity contribution < 1.29 is 23.9 Å². The minimum atomic E-state index is -1.03. The van der Waals surface area contributed by atoms with Gasteiger partial charge >= 0.3 is 5.97 Å². The maximum absolute atomic E-state index is 12.3. The van der Waals surface area contributed by atoms with E-state index in [2.05, 4.69) is 26.6 Å². The standard InChI is InChI=1S/C24H21BrN2O5/c1-16(31-22(28)15-26-24(30)17-7-9-18(25)10-8-17)23(29)27-19-11-13-21(14-12-19)32-20-5-3-2-4-6-20/h2-14,16H,15H2,1H3,(H,26,30)(H,27,29)/t16-/m0/s1. The zero-order valence-corrected chi connectivity index (χ0v) is 18.8. The van der Waals surface area contributed by atoms with Crippen LogP contribution in [-0.4, -0.2) is 30.4 Å². The maximum Gasteiger partial charge on any atom is 0.326 e. The van der Waals surface area contributed by atoms with Crippen molar-refractivity contribution in [2.75, 3.05) is 11.9 Å². The predicted molar refractivity (Wildman–Crippen MR) is 124 cm³/mol. The fourth-order valence-corrected chi connectivity index (χ4v) is 2.89. The van der Waals surface area contributed by atoms with E-state index in [0.717, 1.165) is 4.47 Å². The summed E-state index contributed by atoms with van der Waals surface area (Å²) in [5.41, 5.74) is 0.938. The van der Waals surface area contributed by atoms with Gasteiger partial charge in [-0.3, -0.25) is 14.4 Å². The van der Waals surface area contributed by atoms with E-state index in [4.69, 9.17) is 9.47 Å². The highest BCUT2D eigenvalue weighted by Crippen LogP contribution is 2.22. The number of ether oxygens (including phenoxy) is 2. The quantitative estimate of drug-likeness (QED) is 0.446. The zero-order valence-electron chi connectivity index (χ0n) is 17.2. The van der Waals surface area contributed by atoms with Crippen molar-refractivity contribution in [2.45, 2.75) is 13.0 Å². The van der Waals surface area contributed by atoms with Gasteiger partial charge in [0.15, 0.2) is 6.10 Å². The Hall–Kier alpha value is -3.65. The number of nitrogens with one attached hydrogen (secondary N) is 2. The van der Waals surface area contributed by atoms with Gasteiger partial charge in [-0.25, -0.2) is 0 Å². The van der Waals surface area contributed by atoms with Crippen LogP contribution in [0.25, 0.3) is 0 Å². The molecule has 0 saturated carbocycles. The van der Waals surface area contributed by atoms with Crippen molar-refractivity contribution in [1.82, 2.24) is 5.32 Å². The van der Waals surface area contributed by atoms with Crippen LogP contribution in [0.15, 0.2) is 83.3 Å². The molecule has 3 aromatic carbocycles. The first-order valence-electron chi connectivity index (χ1n) is 9.78. The van der Waals surface area contributed by atoms with Crippen LogP contribution in [-0.2, 0) is 14.3 Å². The van der Waals surface area contributed by atoms with E-state index in [1.807, 2.05) is 30.3 Å². The molecule has 0 aliphatic rings. The number of carbonyl (C=O) groups is 3. The Balaban J connectivity index is 1.44. The van der Waals surface area contributed by atoms with E-state index in [1.54, 1.807) is 48.5 Å². The second-order valence-corrected chi connectivity index (χ2v) is 7.67. The number of carbonyl (C=O) groups excluding carboxylic acids is 3. The van der Waals surface area contributed by atoms with Gasteiger partial charge < -0.3 is 20.1 Å². The Morgan fingerprint density at radius 3 is 2.16 bits per heavy atom. The molecule has 0 radical (unpaired) electrons. The van der Waals surface area contributed by atoms with Crippen LogP contribution in [0, 0.1) is 0 Å². The van der Waals surface area contributed by atoms with Crippen molar-refractivity contribution in [1.29, 1.82) is 0 Å². The molecule has 0 bridgehead atoms. The second-order valence-electron chi connectivity index (χ2n) is 6.75. The van der Waals surface area contributed by atoms with E-state index in [9.17, 15) is 14.4 Å². The molecule has 8 heteroatoms. The van der Waals surface area contributed by atoms with E-state index in [-0.39, 0.29) is 6.54 Å². The molecule has 0 saturated heterocycles. The highest BCUT2D eigenvalue weighted by molar-refractivity contribution is 9.10. The number of hydrogen-bond acceptors (Lipinski definition) is 5. The Kier molecular flexibility index (Phi) is 7.99. The lowest BCUT2D eigenvalue weighted by Gasteiger charge is -2.14. The third-order valence-corrected chi connectivity index (χ3v) is 4.81. The van der Waals surface area contributed by atoms with Gasteiger partial charge in [-0.05, 0) is 67.6 Å². The van der Waals surface area contributed by atoms with Crippen molar-refractivity contribution in [2.24, 2.45) is 0 Å². The van der Waals surface area contributed by atoms with Gasteiger partial charge in [0.25, 0.3) is 11.8 Å². The lowest BCUT2D eigenvalue weighted by molar-refractivity contribution is -0.152. The van der Waals surface area contributed by atoms with Crippen LogP contribution < -0.4 is 15.4 Å². The largest absolute Gasteiger partial charge is 0.457 e. The number of halogens is 1. The monoisotopic (exact) mass is 496 g/mol. The van der Waals surface area contributed by atoms with Crippen molar-refractivity contribution >= 4 is 39.4 Å². The molecule has 0 heterocycles. The molecule has 3 rings (SSSR count). The lowest BCUT2D eigenvalue weighted by atomic mass is 10.2. The summed E-state index contributed by atoms with van der Waals surface area (Å²) >= 11 is 3.29. The fraction of sp³-hybridized carbons (Fsp3) is 0.125. The molecule has 0 unspecified atom stereocenters. The summed E-state index contributed by atoms with van der Waals surface area (Å²) in [7, 11) is 0. The highest BCUT2D eigenvalue weighted by atomic mass is 79.9. The summed E-state index contributed by atoms with van der Waals surface area (Å²) in [6, 6.07) is 22.8. The Morgan fingerprint density at radius 2 is 1.50 bits per heavy atom. The van der Waals surface area contributed by atoms with Crippen LogP contribution in [0.1, 0.15) is 17.3 Å². The normalized spacial score (nSPS) is 11.2. The molecule has 0 fully saturated rings. The van der Waals surface area contributed by atoms with Gasteiger partial charge in [-0.1, -0.05) is 34.1 Å². The smallest absolute Gasteiger partial charge is 0.326 e. The summed E-state index contributed by atoms with van der Waals surface area (Å²) in [6.07, 6.45) is -1.03. The summed E-state index contributed by atoms with van der Waals surface area (Å²) < 4.78 is 11.6. The maximum atomic E-state index is 12.3. The van der Waals surface area contributed by atoms with Crippen molar-refractivity contribution in [3.63, 3.8) is 0 Å². The van der Waals surface area contributed by atoms with Gasteiger partial charge in [0.05, 0.1) is 0 Å². The van der Waals surface area contributed by atoms with Crippen molar-refractivity contribution in [3.05, 3.63) is 88.9 Å². The predicted octanol–water partition coefficient (Wildman–Crippen LogP) is 4.54. The Morgan fingerprint density at radius 1 is 0.875 bits per heavy atom. The molecule has 7 nitrogen and oxygen atoms in total. The van der Waals surface area contributed by atoms with Crippen LogP contribution in [0.3, 0.4) is 0 Å². The number of amides is 2. The fourth-order valence-electron chi connectivity index (χ4n) is 2.62. The highest BCUT2D eigenvalue weighted by Gasteiger charge is 2.18. The number of esters is 1. The number of para-hydroxylation sites is 1. The second kappa shape index (κ2) is 11.1. The summed E-state index contributed by atoms with van der Waals surface area (Å²) in [5, 5.41) is 5.13. The van der Waals surface area contributed by atoms with Crippen LogP contribution >= 0.6 is 15.9 Å². The average Bonchev–Trinajstić information content (AvgIpc) is 2.80. The summed E-state index contributed by atoms with van der Waals surface area (Å²) in [6.45, 7) is 1.11. The van der Waals surface area contributed by atoms with E-state index in [0.29, 0.717) is 22.7 Å². The molecule has 3 aromatic rings. The molecule has 2 amide bonds. The molecular weight excluding hydrogens is 476 g/mol. The summed E-state index contributed by atoms with van der Waals surface area (Å²) in [5.74, 6) is -0.296. The van der Waals surface area contributed by atoms with Gasteiger partial charge in [-0.15, -0.1) is 0 Å². The molecule has 0 spiro atoms. The molecule has 2 N–H and O–H groups in total.